The molecule has 1 aliphatic rings. The molecule has 186 valence electrons. The standard InChI is InChI=1S/C27H27N3O5S/c1-33-21-10-4-18(5-11-21)17-30-26(32)24(16-25(31)28-19-6-12-22(34-2)13-7-19)36-27(30)29-20-8-14-23(35-3)15-9-20/h4-15,24H,16-17H2,1-3H3,(H,28,31)/t24-/m1/s1. The molecule has 1 N–H and O–H groups in total. The average molecular weight is 506 g/mol. The van der Waals surface area contributed by atoms with E-state index in [0.717, 1.165) is 17.1 Å². The van der Waals surface area contributed by atoms with Gasteiger partial charge in [-0.3, -0.25) is 14.5 Å². The number of anilines is 1. The third-order valence-electron chi connectivity index (χ3n) is 5.56. The monoisotopic (exact) mass is 505 g/mol. The third-order valence-corrected chi connectivity index (χ3v) is 6.74. The third kappa shape index (κ3) is 6.17. The van der Waals surface area contributed by atoms with Crippen molar-refractivity contribution in [3.63, 3.8) is 0 Å². The van der Waals surface area contributed by atoms with Crippen molar-refractivity contribution in [2.24, 2.45) is 4.99 Å². The average Bonchev–Trinajstić information content (AvgIpc) is 3.18. The largest absolute Gasteiger partial charge is 0.497 e. The van der Waals surface area contributed by atoms with Crippen LogP contribution < -0.4 is 19.5 Å². The fourth-order valence-electron chi connectivity index (χ4n) is 3.61. The summed E-state index contributed by atoms with van der Waals surface area (Å²) in [4.78, 5) is 32.5. The minimum absolute atomic E-state index is 0.0241. The fourth-order valence-corrected chi connectivity index (χ4v) is 4.76. The maximum atomic E-state index is 13.4. The summed E-state index contributed by atoms with van der Waals surface area (Å²) in [6.07, 6.45) is 0.0241. The number of amides is 2. The molecule has 1 heterocycles. The lowest BCUT2D eigenvalue weighted by molar-refractivity contribution is -0.128. The van der Waals surface area contributed by atoms with E-state index in [1.54, 1.807) is 50.5 Å². The number of benzene rings is 3. The van der Waals surface area contributed by atoms with Crippen molar-refractivity contribution >= 4 is 40.1 Å². The van der Waals surface area contributed by atoms with Crippen LogP contribution in [0.4, 0.5) is 11.4 Å². The lowest BCUT2D eigenvalue weighted by atomic mass is 10.2. The van der Waals surface area contributed by atoms with Crippen LogP contribution in [0.3, 0.4) is 0 Å². The molecule has 0 bridgehead atoms. The molecule has 0 aromatic heterocycles. The molecule has 1 aliphatic heterocycles. The summed E-state index contributed by atoms with van der Waals surface area (Å²) in [6, 6.07) is 21.8. The topological polar surface area (TPSA) is 89.5 Å². The summed E-state index contributed by atoms with van der Waals surface area (Å²) in [7, 11) is 4.79. The number of nitrogens with zero attached hydrogens (tertiary/aromatic N) is 2. The maximum Gasteiger partial charge on any atom is 0.242 e. The SMILES string of the molecule is COc1ccc(CN2C(=O)[C@@H](CC(=O)Nc3ccc(OC)cc3)SC2=Nc2ccc(OC)cc2)cc1. The van der Waals surface area contributed by atoms with Gasteiger partial charge in [0, 0.05) is 12.1 Å². The fraction of sp³-hybridized carbons (Fsp3) is 0.222. The predicted octanol–water partition coefficient (Wildman–Crippen LogP) is 4.87. The van der Waals surface area contributed by atoms with Crippen LogP contribution in [0, 0.1) is 0 Å². The van der Waals surface area contributed by atoms with Gasteiger partial charge < -0.3 is 19.5 Å². The number of carbonyl (C=O) groups is 2. The molecule has 3 aromatic rings. The van der Waals surface area contributed by atoms with Crippen LogP contribution in [-0.4, -0.2) is 48.5 Å². The van der Waals surface area contributed by atoms with Gasteiger partial charge in [-0.2, -0.15) is 0 Å². The van der Waals surface area contributed by atoms with Crippen LogP contribution in [-0.2, 0) is 16.1 Å². The van der Waals surface area contributed by atoms with E-state index in [1.807, 2.05) is 48.5 Å². The number of thioether (sulfide) groups is 1. The Morgan fingerprint density at radius 3 is 1.94 bits per heavy atom. The molecule has 9 heteroatoms. The Bertz CT molecular complexity index is 1230. The lowest BCUT2D eigenvalue weighted by Crippen LogP contribution is -2.33. The van der Waals surface area contributed by atoms with Crippen molar-refractivity contribution in [2.75, 3.05) is 26.6 Å². The van der Waals surface area contributed by atoms with E-state index in [0.29, 0.717) is 28.8 Å². The van der Waals surface area contributed by atoms with E-state index >= 15 is 0 Å². The number of rotatable bonds is 9. The van der Waals surface area contributed by atoms with Gasteiger partial charge in [0.05, 0.1) is 33.6 Å². The van der Waals surface area contributed by atoms with Crippen molar-refractivity contribution in [2.45, 2.75) is 18.2 Å². The number of amidine groups is 1. The molecule has 4 rings (SSSR count). The van der Waals surface area contributed by atoms with E-state index in [2.05, 4.69) is 5.32 Å². The first-order valence-corrected chi connectivity index (χ1v) is 12.1. The van der Waals surface area contributed by atoms with Crippen LogP contribution in [0.25, 0.3) is 0 Å². The number of methoxy groups -OCH3 is 3. The molecule has 0 radical (unpaired) electrons. The number of hydrogen-bond acceptors (Lipinski definition) is 7. The first-order valence-electron chi connectivity index (χ1n) is 11.3. The Labute approximate surface area is 214 Å². The van der Waals surface area contributed by atoms with Gasteiger partial charge >= 0.3 is 0 Å². The van der Waals surface area contributed by atoms with Gasteiger partial charge in [0.15, 0.2) is 5.17 Å². The summed E-state index contributed by atoms with van der Waals surface area (Å²) in [6.45, 7) is 0.335. The molecule has 8 nitrogen and oxygen atoms in total. The molecule has 0 aliphatic carbocycles. The number of hydrogen-bond donors (Lipinski definition) is 1. The van der Waals surface area contributed by atoms with Crippen molar-refractivity contribution in [3.05, 3.63) is 78.4 Å². The highest BCUT2D eigenvalue weighted by atomic mass is 32.2. The number of nitrogens with one attached hydrogen (secondary N) is 1. The molecule has 1 atom stereocenters. The van der Waals surface area contributed by atoms with Crippen molar-refractivity contribution in [3.8, 4) is 17.2 Å². The van der Waals surface area contributed by atoms with Gasteiger partial charge in [-0.05, 0) is 66.2 Å². The number of carbonyl (C=O) groups excluding carboxylic acids is 2. The highest BCUT2D eigenvalue weighted by molar-refractivity contribution is 8.15. The van der Waals surface area contributed by atoms with Gasteiger partial charge in [-0.25, -0.2) is 4.99 Å². The molecule has 2 amide bonds. The molecular formula is C27H27N3O5S. The second-order valence-corrected chi connectivity index (χ2v) is 9.12. The Morgan fingerprint density at radius 1 is 0.861 bits per heavy atom. The van der Waals surface area contributed by atoms with E-state index in [4.69, 9.17) is 19.2 Å². The van der Waals surface area contributed by atoms with Crippen molar-refractivity contribution in [1.29, 1.82) is 0 Å². The second-order valence-electron chi connectivity index (χ2n) is 7.95. The summed E-state index contributed by atoms with van der Waals surface area (Å²) >= 11 is 1.29. The second kappa shape index (κ2) is 11.6. The minimum Gasteiger partial charge on any atom is -0.497 e. The van der Waals surface area contributed by atoms with Crippen molar-refractivity contribution < 1.29 is 23.8 Å². The summed E-state index contributed by atoms with van der Waals surface area (Å²) in [5.74, 6) is 1.75. The van der Waals surface area contributed by atoms with E-state index < -0.39 is 5.25 Å². The Balaban J connectivity index is 1.52. The van der Waals surface area contributed by atoms with Gasteiger partial charge in [0.2, 0.25) is 11.8 Å². The molecule has 1 fully saturated rings. The van der Waals surface area contributed by atoms with Crippen molar-refractivity contribution in [1.82, 2.24) is 4.90 Å². The lowest BCUT2D eigenvalue weighted by Gasteiger charge is -2.17. The normalized spacial score (nSPS) is 16.2. The zero-order chi connectivity index (χ0) is 25.5. The Hall–Kier alpha value is -3.98. The summed E-state index contributed by atoms with van der Waals surface area (Å²) in [5.41, 5.74) is 2.25. The van der Waals surface area contributed by atoms with Gasteiger partial charge in [-0.1, -0.05) is 23.9 Å². The summed E-state index contributed by atoms with van der Waals surface area (Å²) in [5, 5.41) is 2.81. The number of ether oxygens (including phenoxy) is 3. The first kappa shape index (κ1) is 25.1. The quantitative estimate of drug-likeness (QED) is 0.446. The molecular weight excluding hydrogens is 478 g/mol. The van der Waals surface area contributed by atoms with Gasteiger partial charge in [0.25, 0.3) is 0 Å². The molecule has 0 spiro atoms. The molecule has 0 unspecified atom stereocenters. The van der Waals surface area contributed by atoms with Gasteiger partial charge in [0.1, 0.15) is 22.5 Å². The van der Waals surface area contributed by atoms with Crippen LogP contribution in [0.5, 0.6) is 17.2 Å². The molecule has 36 heavy (non-hydrogen) atoms. The maximum absolute atomic E-state index is 13.4. The van der Waals surface area contributed by atoms with Crippen LogP contribution >= 0.6 is 11.8 Å². The van der Waals surface area contributed by atoms with Crippen LogP contribution in [0.1, 0.15) is 12.0 Å². The highest BCUT2D eigenvalue weighted by Gasteiger charge is 2.39. The van der Waals surface area contributed by atoms with Crippen LogP contribution in [0.15, 0.2) is 77.8 Å². The zero-order valence-corrected chi connectivity index (χ0v) is 21.1. The zero-order valence-electron chi connectivity index (χ0n) is 20.3. The molecule has 1 saturated heterocycles. The van der Waals surface area contributed by atoms with Gasteiger partial charge in [-0.15, -0.1) is 0 Å². The minimum atomic E-state index is -0.585. The first-order chi connectivity index (χ1) is 17.5. The van der Waals surface area contributed by atoms with Crippen LogP contribution in [0.2, 0.25) is 0 Å². The smallest absolute Gasteiger partial charge is 0.242 e. The highest BCUT2D eigenvalue weighted by Crippen LogP contribution is 2.33. The molecule has 0 saturated carbocycles. The Morgan fingerprint density at radius 2 is 1.39 bits per heavy atom. The molecule has 3 aromatic carbocycles. The van der Waals surface area contributed by atoms with E-state index in [1.165, 1.54) is 11.8 Å². The summed E-state index contributed by atoms with van der Waals surface area (Å²) < 4.78 is 15.6. The van der Waals surface area contributed by atoms with E-state index in [9.17, 15) is 9.59 Å². The number of aliphatic imine (C=N–C) groups is 1. The predicted molar refractivity (Wildman–Crippen MR) is 141 cm³/mol. The van der Waals surface area contributed by atoms with E-state index in [-0.39, 0.29) is 18.2 Å². The Kier molecular flexibility index (Phi) is 8.12.